The molecular weight excluding hydrogens is 202 g/mol. The summed E-state index contributed by atoms with van der Waals surface area (Å²) < 4.78 is 12.4. The Kier molecular flexibility index (Phi) is 4.45. The molecule has 1 atom stereocenters. The normalized spacial score (nSPS) is 12.0. The average molecular weight is 211 g/mol. The van der Waals surface area contributed by atoms with E-state index in [1.54, 1.807) is 6.92 Å². The molecule has 0 fully saturated rings. The van der Waals surface area contributed by atoms with Crippen molar-refractivity contribution in [3.05, 3.63) is 28.8 Å². The Balaban J connectivity index is 0.00000121. The summed E-state index contributed by atoms with van der Waals surface area (Å²) in [4.78, 5) is 3.75. The van der Waals surface area contributed by atoms with Crippen molar-refractivity contribution < 1.29 is 4.39 Å². The van der Waals surface area contributed by atoms with Crippen LogP contribution >= 0.6 is 24.0 Å². The van der Waals surface area contributed by atoms with E-state index in [0.29, 0.717) is 5.69 Å². The SMILES string of the molecule is C[C@H](N)c1ncc(F)cc1Cl.Cl. The molecule has 0 amide bonds. The Labute approximate surface area is 81.3 Å². The summed E-state index contributed by atoms with van der Waals surface area (Å²) >= 11 is 5.64. The first kappa shape index (κ1) is 11.6. The van der Waals surface area contributed by atoms with Crippen LogP contribution in [0.15, 0.2) is 12.3 Å². The molecule has 1 aromatic rings. The van der Waals surface area contributed by atoms with Gasteiger partial charge in [-0.15, -0.1) is 12.4 Å². The van der Waals surface area contributed by atoms with Gasteiger partial charge in [-0.3, -0.25) is 4.98 Å². The van der Waals surface area contributed by atoms with E-state index in [9.17, 15) is 4.39 Å². The highest BCUT2D eigenvalue weighted by Gasteiger charge is 2.06. The number of halogens is 3. The summed E-state index contributed by atoms with van der Waals surface area (Å²) in [6, 6.07) is 0.941. The molecule has 1 aromatic heterocycles. The number of aromatic nitrogens is 1. The maximum Gasteiger partial charge on any atom is 0.142 e. The third-order valence-electron chi connectivity index (χ3n) is 1.27. The van der Waals surface area contributed by atoms with Crippen molar-refractivity contribution in [2.45, 2.75) is 13.0 Å². The number of rotatable bonds is 1. The Hall–Kier alpha value is -0.380. The number of hydrogen-bond donors (Lipinski definition) is 1. The van der Waals surface area contributed by atoms with E-state index in [4.69, 9.17) is 17.3 Å². The lowest BCUT2D eigenvalue weighted by atomic mass is 10.2. The molecule has 0 aliphatic carbocycles. The smallest absolute Gasteiger partial charge is 0.142 e. The molecular formula is C7H9Cl2FN2. The topological polar surface area (TPSA) is 38.9 Å². The van der Waals surface area contributed by atoms with Gasteiger partial charge >= 0.3 is 0 Å². The van der Waals surface area contributed by atoms with Crippen LogP contribution in [0.4, 0.5) is 4.39 Å². The zero-order valence-electron chi connectivity index (χ0n) is 6.42. The largest absolute Gasteiger partial charge is 0.323 e. The van der Waals surface area contributed by atoms with Gasteiger partial charge in [0.1, 0.15) is 5.82 Å². The van der Waals surface area contributed by atoms with Gasteiger partial charge in [0.15, 0.2) is 0 Å². The lowest BCUT2D eigenvalue weighted by Gasteiger charge is -2.05. The Morgan fingerprint density at radius 1 is 1.67 bits per heavy atom. The first-order valence-corrected chi connectivity index (χ1v) is 3.55. The molecule has 1 rings (SSSR count). The molecule has 0 spiro atoms. The van der Waals surface area contributed by atoms with Crippen LogP contribution in [-0.2, 0) is 0 Å². The first-order valence-electron chi connectivity index (χ1n) is 3.18. The Bertz CT molecular complexity index is 266. The van der Waals surface area contributed by atoms with Gasteiger partial charge in [-0.05, 0) is 13.0 Å². The van der Waals surface area contributed by atoms with Gasteiger partial charge in [-0.2, -0.15) is 0 Å². The van der Waals surface area contributed by atoms with Crippen LogP contribution in [0.1, 0.15) is 18.7 Å². The van der Waals surface area contributed by atoms with Crippen LogP contribution in [-0.4, -0.2) is 4.98 Å². The number of pyridine rings is 1. The van der Waals surface area contributed by atoms with Gasteiger partial charge < -0.3 is 5.73 Å². The van der Waals surface area contributed by atoms with Gasteiger partial charge in [-0.25, -0.2) is 4.39 Å². The van der Waals surface area contributed by atoms with Crippen molar-refractivity contribution in [2.75, 3.05) is 0 Å². The van der Waals surface area contributed by atoms with Crippen LogP contribution in [0.5, 0.6) is 0 Å². The average Bonchev–Trinajstić information content (AvgIpc) is 1.85. The zero-order valence-corrected chi connectivity index (χ0v) is 7.99. The van der Waals surface area contributed by atoms with Gasteiger partial charge in [0.25, 0.3) is 0 Å². The second-order valence-corrected chi connectivity index (χ2v) is 2.72. The third kappa shape index (κ3) is 2.59. The van der Waals surface area contributed by atoms with Crippen molar-refractivity contribution in [3.8, 4) is 0 Å². The minimum Gasteiger partial charge on any atom is -0.323 e. The third-order valence-corrected chi connectivity index (χ3v) is 1.57. The molecule has 0 aliphatic rings. The molecule has 0 unspecified atom stereocenters. The van der Waals surface area contributed by atoms with E-state index in [1.807, 2.05) is 0 Å². The predicted octanol–water partition coefficient (Wildman–Crippen LogP) is 2.32. The summed E-state index contributed by atoms with van der Waals surface area (Å²) in [6.45, 7) is 1.74. The second kappa shape index (κ2) is 4.60. The molecule has 5 heteroatoms. The first-order chi connectivity index (χ1) is 5.11. The fraction of sp³-hybridized carbons (Fsp3) is 0.286. The maximum absolute atomic E-state index is 12.4. The standard InChI is InChI=1S/C7H8ClFN2.ClH/c1-4(10)7-6(8)2-5(9)3-11-7;/h2-4H,10H2,1H3;1H/t4-;/m0./s1. The van der Waals surface area contributed by atoms with E-state index < -0.39 is 5.82 Å². The maximum atomic E-state index is 12.4. The summed E-state index contributed by atoms with van der Waals surface area (Å²) in [5, 5.41) is 0.278. The molecule has 2 N–H and O–H groups in total. The second-order valence-electron chi connectivity index (χ2n) is 2.31. The fourth-order valence-electron chi connectivity index (χ4n) is 0.760. The number of nitrogens with two attached hydrogens (primary N) is 1. The van der Waals surface area contributed by atoms with Crippen LogP contribution in [0, 0.1) is 5.82 Å². The van der Waals surface area contributed by atoms with Gasteiger partial charge in [-0.1, -0.05) is 11.6 Å². The van der Waals surface area contributed by atoms with Crippen molar-refractivity contribution in [2.24, 2.45) is 5.73 Å². The Morgan fingerprint density at radius 2 is 2.25 bits per heavy atom. The molecule has 0 saturated heterocycles. The van der Waals surface area contributed by atoms with Gasteiger partial charge in [0, 0.05) is 6.04 Å². The van der Waals surface area contributed by atoms with E-state index >= 15 is 0 Å². The van der Waals surface area contributed by atoms with Gasteiger partial charge in [0.2, 0.25) is 0 Å². The van der Waals surface area contributed by atoms with Crippen molar-refractivity contribution in [1.82, 2.24) is 4.98 Å². The van der Waals surface area contributed by atoms with Crippen LogP contribution in [0.25, 0.3) is 0 Å². The van der Waals surface area contributed by atoms with Crippen LogP contribution in [0.3, 0.4) is 0 Å². The minimum atomic E-state index is -0.445. The molecule has 68 valence electrons. The van der Waals surface area contributed by atoms with Crippen molar-refractivity contribution >= 4 is 24.0 Å². The van der Waals surface area contributed by atoms with Gasteiger partial charge in [0.05, 0.1) is 16.9 Å². The molecule has 2 nitrogen and oxygen atoms in total. The monoisotopic (exact) mass is 210 g/mol. The summed E-state index contributed by atoms with van der Waals surface area (Å²) in [7, 11) is 0. The summed E-state index contributed by atoms with van der Waals surface area (Å²) in [6.07, 6.45) is 1.10. The molecule has 0 bridgehead atoms. The van der Waals surface area contributed by atoms with E-state index in [0.717, 1.165) is 6.20 Å². The highest BCUT2D eigenvalue weighted by atomic mass is 35.5. The predicted molar refractivity (Wildman–Crippen MR) is 49.1 cm³/mol. The molecule has 12 heavy (non-hydrogen) atoms. The van der Waals surface area contributed by atoms with Crippen LogP contribution < -0.4 is 5.73 Å². The lowest BCUT2D eigenvalue weighted by molar-refractivity contribution is 0.616. The molecule has 1 heterocycles. The number of nitrogens with zero attached hydrogens (tertiary/aromatic N) is 1. The molecule has 0 aliphatic heterocycles. The molecule has 0 radical (unpaired) electrons. The van der Waals surface area contributed by atoms with Crippen molar-refractivity contribution in [1.29, 1.82) is 0 Å². The minimum absolute atomic E-state index is 0. The fourth-order valence-corrected chi connectivity index (χ4v) is 1.09. The Morgan fingerprint density at radius 3 is 2.67 bits per heavy atom. The highest BCUT2D eigenvalue weighted by Crippen LogP contribution is 2.18. The highest BCUT2D eigenvalue weighted by molar-refractivity contribution is 6.31. The van der Waals surface area contributed by atoms with E-state index in [-0.39, 0.29) is 23.5 Å². The van der Waals surface area contributed by atoms with Crippen molar-refractivity contribution in [3.63, 3.8) is 0 Å². The quantitative estimate of drug-likeness (QED) is 0.773. The summed E-state index contributed by atoms with van der Waals surface area (Å²) in [5.74, 6) is -0.445. The summed E-state index contributed by atoms with van der Waals surface area (Å²) in [5.41, 5.74) is 6.02. The van der Waals surface area contributed by atoms with E-state index in [1.165, 1.54) is 6.07 Å². The number of hydrogen-bond acceptors (Lipinski definition) is 2. The van der Waals surface area contributed by atoms with Crippen LogP contribution in [0.2, 0.25) is 5.02 Å². The lowest BCUT2D eigenvalue weighted by Crippen LogP contribution is -2.08. The molecule has 0 saturated carbocycles. The zero-order chi connectivity index (χ0) is 8.43. The molecule has 0 aromatic carbocycles. The van der Waals surface area contributed by atoms with E-state index in [2.05, 4.69) is 4.98 Å².